The predicted octanol–water partition coefficient (Wildman–Crippen LogP) is 4.71. The van der Waals surface area contributed by atoms with Gasteiger partial charge < -0.3 is 19.5 Å². The maximum absolute atomic E-state index is 6.28. The molecule has 1 saturated heterocycles. The van der Waals surface area contributed by atoms with Crippen LogP contribution in [0.15, 0.2) is 41.5 Å². The van der Waals surface area contributed by atoms with Crippen LogP contribution < -0.4 is 5.32 Å². The molecule has 0 radical (unpaired) electrons. The van der Waals surface area contributed by atoms with Crippen molar-refractivity contribution in [1.82, 2.24) is 14.8 Å². The normalized spacial score (nSPS) is 16.2. The highest BCUT2D eigenvalue weighted by Gasteiger charge is 2.35. The van der Waals surface area contributed by atoms with E-state index in [2.05, 4.69) is 27.3 Å². The number of hydrogen-bond donors (Lipinski definition) is 1. The molecule has 0 amide bonds. The van der Waals surface area contributed by atoms with E-state index in [0.717, 1.165) is 60.8 Å². The summed E-state index contributed by atoms with van der Waals surface area (Å²) in [6.07, 6.45) is 3.82. The Morgan fingerprint density at radius 1 is 1.24 bits per heavy atom. The van der Waals surface area contributed by atoms with Crippen LogP contribution in [0.4, 0.5) is 0 Å². The van der Waals surface area contributed by atoms with Crippen LogP contribution in [0.25, 0.3) is 0 Å². The number of hydrogen-bond acceptors (Lipinski definition) is 2. The van der Waals surface area contributed by atoms with Gasteiger partial charge in [0.2, 0.25) is 0 Å². The van der Waals surface area contributed by atoms with E-state index < -0.39 is 0 Å². The zero-order chi connectivity index (χ0) is 20.1. The molecule has 160 valence electrons. The van der Waals surface area contributed by atoms with Crippen molar-refractivity contribution in [2.45, 2.75) is 24.8 Å². The molecular formula is C21H29Cl2IN4O. The first-order valence-electron chi connectivity index (χ1n) is 9.50. The summed E-state index contributed by atoms with van der Waals surface area (Å²) < 4.78 is 7.67. The van der Waals surface area contributed by atoms with Crippen molar-refractivity contribution in [2.24, 2.45) is 12.0 Å². The van der Waals surface area contributed by atoms with Gasteiger partial charge in [0.25, 0.3) is 0 Å². The van der Waals surface area contributed by atoms with E-state index >= 15 is 0 Å². The lowest BCUT2D eigenvalue weighted by Gasteiger charge is -2.39. The van der Waals surface area contributed by atoms with Crippen molar-refractivity contribution in [3.63, 3.8) is 0 Å². The average molecular weight is 551 g/mol. The fourth-order valence-electron chi connectivity index (χ4n) is 3.82. The molecule has 0 spiro atoms. The number of nitrogens with zero attached hydrogens (tertiary/aromatic N) is 3. The molecule has 5 nitrogen and oxygen atoms in total. The summed E-state index contributed by atoms with van der Waals surface area (Å²) in [4.78, 5) is 6.59. The van der Waals surface area contributed by atoms with Gasteiger partial charge in [-0.15, -0.1) is 24.0 Å². The lowest BCUT2D eigenvalue weighted by Crippen LogP contribution is -2.48. The number of rotatable bonds is 5. The number of halogens is 3. The van der Waals surface area contributed by atoms with Crippen LogP contribution in [0.3, 0.4) is 0 Å². The first-order valence-corrected chi connectivity index (χ1v) is 10.3. The third-order valence-corrected chi connectivity index (χ3v) is 5.96. The zero-order valence-corrected chi connectivity index (χ0v) is 21.0. The van der Waals surface area contributed by atoms with Crippen LogP contribution in [0, 0.1) is 0 Å². The lowest BCUT2D eigenvalue weighted by molar-refractivity contribution is 0.0512. The van der Waals surface area contributed by atoms with Crippen molar-refractivity contribution in [2.75, 3.05) is 33.9 Å². The smallest absolute Gasteiger partial charge is 0.193 e. The number of aromatic nitrogens is 1. The molecule has 0 saturated carbocycles. The van der Waals surface area contributed by atoms with Gasteiger partial charge in [-0.1, -0.05) is 35.3 Å². The van der Waals surface area contributed by atoms with Gasteiger partial charge in [-0.05, 0) is 36.6 Å². The Balaban J connectivity index is 0.00000300. The van der Waals surface area contributed by atoms with E-state index in [-0.39, 0.29) is 29.4 Å². The molecular weight excluding hydrogens is 522 g/mol. The summed E-state index contributed by atoms with van der Waals surface area (Å²) in [6, 6.07) is 10.2. The second-order valence-corrected chi connectivity index (χ2v) is 8.29. The molecule has 2 heterocycles. The number of benzene rings is 1. The van der Waals surface area contributed by atoms with Gasteiger partial charge >= 0.3 is 0 Å². The molecule has 2 aromatic rings. The molecule has 0 aliphatic carbocycles. The van der Waals surface area contributed by atoms with Gasteiger partial charge in [0.1, 0.15) is 0 Å². The van der Waals surface area contributed by atoms with Crippen LogP contribution in [-0.4, -0.2) is 49.3 Å². The summed E-state index contributed by atoms with van der Waals surface area (Å²) in [7, 11) is 5.85. The van der Waals surface area contributed by atoms with Crippen molar-refractivity contribution in [3.8, 4) is 0 Å². The van der Waals surface area contributed by atoms with E-state index in [1.807, 2.05) is 50.1 Å². The molecule has 1 aliphatic rings. The highest BCUT2D eigenvalue weighted by Crippen LogP contribution is 2.35. The first-order chi connectivity index (χ1) is 13.4. The van der Waals surface area contributed by atoms with Gasteiger partial charge in [-0.3, -0.25) is 4.99 Å². The Labute approximate surface area is 200 Å². The van der Waals surface area contributed by atoms with Gasteiger partial charge in [0.15, 0.2) is 5.96 Å². The number of aryl methyl sites for hydroxylation is 1. The SMILES string of the molecule is CN=C(NCC1(c2cccc(Cl)c2)CCOCC1)N(C)Cc1cc(Cl)cn1C.I. The van der Waals surface area contributed by atoms with E-state index in [1.165, 1.54) is 5.56 Å². The monoisotopic (exact) mass is 550 g/mol. The minimum Gasteiger partial charge on any atom is -0.381 e. The fraction of sp³-hybridized carbons (Fsp3) is 0.476. The molecule has 3 rings (SSSR count). The summed E-state index contributed by atoms with van der Waals surface area (Å²) in [5, 5.41) is 5.09. The third-order valence-electron chi connectivity index (χ3n) is 5.52. The minimum atomic E-state index is -0.0196. The standard InChI is InChI=1S/C21H28Cl2N4O.HI/c1-24-20(27(3)14-19-12-18(23)13-26(19)2)25-15-21(7-9-28-10-8-21)16-5-4-6-17(22)11-16;/h4-6,11-13H,7-10,14-15H2,1-3H3,(H,24,25);1H. The molecule has 1 aliphatic heterocycles. The molecule has 1 N–H and O–H groups in total. The van der Waals surface area contributed by atoms with E-state index in [0.29, 0.717) is 0 Å². The number of guanidine groups is 1. The fourth-order valence-corrected chi connectivity index (χ4v) is 4.28. The predicted molar refractivity (Wildman–Crippen MR) is 132 cm³/mol. The largest absolute Gasteiger partial charge is 0.381 e. The Hall–Kier alpha value is -0.960. The highest BCUT2D eigenvalue weighted by atomic mass is 127. The highest BCUT2D eigenvalue weighted by molar-refractivity contribution is 14.0. The molecule has 29 heavy (non-hydrogen) atoms. The Morgan fingerprint density at radius 3 is 2.55 bits per heavy atom. The Kier molecular flexibility index (Phi) is 9.13. The van der Waals surface area contributed by atoms with Crippen LogP contribution >= 0.6 is 47.2 Å². The maximum Gasteiger partial charge on any atom is 0.193 e. The molecule has 0 unspecified atom stereocenters. The Bertz CT molecular complexity index is 834. The Morgan fingerprint density at radius 2 is 1.97 bits per heavy atom. The van der Waals surface area contributed by atoms with Gasteiger partial charge in [0, 0.05) is 63.2 Å². The van der Waals surface area contributed by atoms with Crippen LogP contribution in [0.2, 0.25) is 10.0 Å². The third kappa shape index (κ3) is 6.03. The van der Waals surface area contributed by atoms with Gasteiger partial charge in [0.05, 0.1) is 11.6 Å². The number of aliphatic imine (C=N–C) groups is 1. The summed E-state index contributed by atoms with van der Waals surface area (Å²) >= 11 is 12.4. The van der Waals surface area contributed by atoms with E-state index in [4.69, 9.17) is 27.9 Å². The van der Waals surface area contributed by atoms with Gasteiger partial charge in [-0.25, -0.2) is 0 Å². The van der Waals surface area contributed by atoms with Crippen molar-refractivity contribution >= 4 is 53.1 Å². The molecule has 1 aromatic carbocycles. The summed E-state index contributed by atoms with van der Waals surface area (Å²) in [6.45, 7) is 3.01. The second-order valence-electron chi connectivity index (χ2n) is 7.42. The number of nitrogens with one attached hydrogen (secondary N) is 1. The maximum atomic E-state index is 6.28. The molecule has 0 bridgehead atoms. The molecule has 1 fully saturated rings. The molecule has 0 atom stereocenters. The summed E-state index contributed by atoms with van der Waals surface area (Å²) in [5.74, 6) is 0.852. The second kappa shape index (κ2) is 10.9. The van der Waals surface area contributed by atoms with Crippen molar-refractivity contribution in [3.05, 3.63) is 57.8 Å². The van der Waals surface area contributed by atoms with Crippen LogP contribution in [0.5, 0.6) is 0 Å². The minimum absolute atomic E-state index is 0. The van der Waals surface area contributed by atoms with E-state index in [9.17, 15) is 0 Å². The zero-order valence-electron chi connectivity index (χ0n) is 17.1. The average Bonchev–Trinajstić information content (AvgIpc) is 3.00. The van der Waals surface area contributed by atoms with Crippen molar-refractivity contribution < 1.29 is 4.74 Å². The van der Waals surface area contributed by atoms with Gasteiger partial charge in [-0.2, -0.15) is 0 Å². The topological polar surface area (TPSA) is 41.8 Å². The van der Waals surface area contributed by atoms with E-state index in [1.54, 1.807) is 0 Å². The van der Waals surface area contributed by atoms with Crippen molar-refractivity contribution in [1.29, 1.82) is 0 Å². The summed E-state index contributed by atoms with van der Waals surface area (Å²) in [5.41, 5.74) is 2.36. The van der Waals surface area contributed by atoms with Crippen LogP contribution in [0.1, 0.15) is 24.1 Å². The molecule has 8 heteroatoms. The quantitative estimate of drug-likeness (QED) is 0.333. The van der Waals surface area contributed by atoms with Crippen LogP contribution in [-0.2, 0) is 23.7 Å². The number of ether oxygens (including phenoxy) is 1. The lowest BCUT2D eigenvalue weighted by atomic mass is 9.74. The first kappa shape index (κ1) is 24.3. The molecule has 1 aromatic heterocycles.